The van der Waals surface area contributed by atoms with E-state index in [1.54, 1.807) is 0 Å². The van der Waals surface area contributed by atoms with Gasteiger partial charge in [-0.05, 0) is 32.8 Å². The first-order valence-corrected chi connectivity index (χ1v) is 10.8. The van der Waals surface area contributed by atoms with Crippen molar-refractivity contribution in [1.29, 1.82) is 0 Å². The Labute approximate surface area is 155 Å². The Morgan fingerprint density at radius 2 is 1.96 bits per heavy atom. The van der Waals surface area contributed by atoms with Crippen molar-refractivity contribution in [2.45, 2.75) is 45.8 Å². The van der Waals surface area contributed by atoms with Gasteiger partial charge in [0.05, 0.1) is 11.5 Å². The Hall–Kier alpha value is -2.15. The highest BCUT2D eigenvalue weighted by Crippen LogP contribution is 2.23. The lowest BCUT2D eigenvalue weighted by Crippen LogP contribution is -2.31. The maximum Gasteiger partial charge on any atom is 0.152 e. The van der Waals surface area contributed by atoms with Gasteiger partial charge in [-0.25, -0.2) is 18.4 Å². The van der Waals surface area contributed by atoms with E-state index in [4.69, 9.17) is 0 Å². The van der Waals surface area contributed by atoms with Crippen molar-refractivity contribution in [3.63, 3.8) is 0 Å². The second-order valence-corrected chi connectivity index (χ2v) is 9.34. The van der Waals surface area contributed by atoms with Gasteiger partial charge in [0.25, 0.3) is 0 Å². The molecule has 1 fully saturated rings. The van der Waals surface area contributed by atoms with Crippen LogP contribution in [0.3, 0.4) is 0 Å². The van der Waals surface area contributed by atoms with Crippen molar-refractivity contribution >= 4 is 21.5 Å². The van der Waals surface area contributed by atoms with E-state index in [0.29, 0.717) is 18.1 Å². The first kappa shape index (κ1) is 18.6. The molecule has 1 aliphatic heterocycles. The smallest absolute Gasteiger partial charge is 0.152 e. The highest BCUT2D eigenvalue weighted by atomic mass is 32.2. The van der Waals surface area contributed by atoms with E-state index in [2.05, 4.69) is 46.2 Å². The number of benzene rings is 1. The maximum atomic E-state index is 11.7. The third-order valence-corrected chi connectivity index (χ3v) is 6.29. The predicted molar refractivity (Wildman–Crippen MR) is 105 cm³/mol. The van der Waals surface area contributed by atoms with Crippen molar-refractivity contribution in [1.82, 2.24) is 9.97 Å². The lowest BCUT2D eigenvalue weighted by Gasteiger charge is -2.28. The molecule has 26 heavy (non-hydrogen) atoms. The average molecular weight is 375 g/mol. The van der Waals surface area contributed by atoms with E-state index >= 15 is 0 Å². The number of nitrogens with one attached hydrogen (secondary N) is 1. The monoisotopic (exact) mass is 374 g/mol. The summed E-state index contributed by atoms with van der Waals surface area (Å²) in [6.45, 7) is 6.89. The first-order valence-electron chi connectivity index (χ1n) is 8.95. The van der Waals surface area contributed by atoms with E-state index in [9.17, 15) is 8.42 Å². The molecule has 1 atom stereocenters. The summed E-state index contributed by atoms with van der Waals surface area (Å²) in [6, 6.07) is 12.4. The summed E-state index contributed by atoms with van der Waals surface area (Å²) in [4.78, 5) is 11.3. The Bertz CT molecular complexity index is 853. The Morgan fingerprint density at radius 1 is 1.23 bits per heavy atom. The molecule has 0 saturated carbocycles. The number of sulfone groups is 1. The molecule has 0 bridgehead atoms. The molecule has 1 N–H and O–H groups in total. The van der Waals surface area contributed by atoms with Gasteiger partial charge < -0.3 is 10.2 Å². The minimum absolute atomic E-state index is 0.0798. The molecule has 0 radical (unpaired) electrons. The number of aromatic nitrogens is 2. The van der Waals surface area contributed by atoms with Gasteiger partial charge in [-0.3, -0.25) is 0 Å². The number of hydrogen-bond donors (Lipinski definition) is 1. The molecule has 1 aromatic heterocycles. The van der Waals surface area contributed by atoms with E-state index in [1.807, 2.05) is 31.2 Å². The molecular formula is C19H26N4O2S. The molecule has 7 heteroatoms. The highest BCUT2D eigenvalue weighted by molar-refractivity contribution is 7.91. The van der Waals surface area contributed by atoms with Gasteiger partial charge in [0.1, 0.15) is 17.5 Å². The zero-order valence-electron chi connectivity index (χ0n) is 15.5. The zero-order chi connectivity index (χ0) is 18.7. The van der Waals surface area contributed by atoms with Crippen molar-refractivity contribution < 1.29 is 8.42 Å². The summed E-state index contributed by atoms with van der Waals surface area (Å²) >= 11 is 0. The summed E-state index contributed by atoms with van der Waals surface area (Å²) in [5.74, 6) is 2.62. The molecule has 1 aromatic carbocycles. The normalized spacial score (nSPS) is 18.8. The van der Waals surface area contributed by atoms with Crippen LogP contribution in [0.2, 0.25) is 0 Å². The topological polar surface area (TPSA) is 75.2 Å². The van der Waals surface area contributed by atoms with Gasteiger partial charge in [0.15, 0.2) is 9.84 Å². The maximum absolute atomic E-state index is 11.7. The van der Waals surface area contributed by atoms with Crippen molar-refractivity contribution in [3.8, 4) is 0 Å². The minimum Gasteiger partial charge on any atom is -0.366 e. The first-order chi connectivity index (χ1) is 12.3. The Kier molecular flexibility index (Phi) is 5.46. The molecule has 2 heterocycles. The second kappa shape index (κ2) is 7.61. The number of aryl methyl sites for hydroxylation is 1. The van der Waals surface area contributed by atoms with Crippen LogP contribution in [0.25, 0.3) is 0 Å². The molecule has 1 aliphatic rings. The van der Waals surface area contributed by atoms with E-state index in [1.165, 1.54) is 5.56 Å². The third kappa shape index (κ3) is 4.72. The Balaban J connectivity index is 1.82. The fourth-order valence-electron chi connectivity index (χ4n) is 3.20. The summed E-state index contributed by atoms with van der Waals surface area (Å²) < 4.78 is 23.4. The van der Waals surface area contributed by atoms with Crippen LogP contribution in [0, 0.1) is 6.92 Å². The summed E-state index contributed by atoms with van der Waals surface area (Å²) in [6.07, 6.45) is 0.624. The number of hydrogen-bond acceptors (Lipinski definition) is 6. The van der Waals surface area contributed by atoms with Gasteiger partial charge in [-0.1, -0.05) is 30.3 Å². The van der Waals surface area contributed by atoms with Crippen LogP contribution in [-0.2, 0) is 16.4 Å². The fraction of sp³-hybridized carbons (Fsp3) is 0.474. The van der Waals surface area contributed by atoms with Gasteiger partial charge in [-0.15, -0.1) is 0 Å². The average Bonchev–Trinajstić information content (AvgIpc) is 2.91. The molecular weight excluding hydrogens is 348 g/mol. The number of anilines is 2. The highest BCUT2D eigenvalue weighted by Gasteiger charge is 2.28. The predicted octanol–water partition coefficient (Wildman–Crippen LogP) is 2.80. The molecule has 1 saturated heterocycles. The van der Waals surface area contributed by atoms with Gasteiger partial charge in [0, 0.05) is 24.7 Å². The van der Waals surface area contributed by atoms with E-state index < -0.39 is 9.84 Å². The van der Waals surface area contributed by atoms with E-state index in [-0.39, 0.29) is 23.6 Å². The van der Waals surface area contributed by atoms with E-state index in [0.717, 1.165) is 12.4 Å². The molecule has 0 amide bonds. The van der Waals surface area contributed by atoms with Crippen molar-refractivity contribution in [2.75, 3.05) is 21.7 Å². The molecule has 0 spiro atoms. The molecule has 1 unspecified atom stereocenters. The van der Waals surface area contributed by atoms with Gasteiger partial charge in [0.2, 0.25) is 0 Å². The lowest BCUT2D eigenvalue weighted by atomic mass is 10.2. The molecule has 2 aromatic rings. The summed E-state index contributed by atoms with van der Waals surface area (Å²) in [5.41, 5.74) is 1.22. The van der Waals surface area contributed by atoms with Crippen LogP contribution in [0.1, 0.15) is 31.7 Å². The third-order valence-electron chi connectivity index (χ3n) is 4.52. The largest absolute Gasteiger partial charge is 0.366 e. The Morgan fingerprint density at radius 3 is 2.58 bits per heavy atom. The molecule has 3 rings (SSSR count). The van der Waals surface area contributed by atoms with Crippen LogP contribution < -0.4 is 10.2 Å². The molecule has 140 valence electrons. The van der Waals surface area contributed by atoms with Crippen molar-refractivity contribution in [3.05, 3.63) is 47.8 Å². The van der Waals surface area contributed by atoms with Crippen LogP contribution in [-0.4, -0.2) is 42.0 Å². The number of nitrogens with zero attached hydrogens (tertiary/aromatic N) is 3. The van der Waals surface area contributed by atoms with Gasteiger partial charge >= 0.3 is 0 Å². The van der Waals surface area contributed by atoms with Crippen LogP contribution >= 0.6 is 0 Å². The summed E-state index contributed by atoms with van der Waals surface area (Å²) in [7, 11) is -2.92. The molecule has 0 aliphatic carbocycles. The lowest BCUT2D eigenvalue weighted by molar-refractivity contribution is 0.602. The zero-order valence-corrected chi connectivity index (χ0v) is 16.3. The number of rotatable bonds is 6. The summed E-state index contributed by atoms with van der Waals surface area (Å²) in [5, 5.41) is 3.28. The van der Waals surface area contributed by atoms with Crippen LogP contribution in [0.5, 0.6) is 0 Å². The van der Waals surface area contributed by atoms with Crippen molar-refractivity contribution in [2.24, 2.45) is 0 Å². The van der Waals surface area contributed by atoms with Gasteiger partial charge in [-0.2, -0.15) is 0 Å². The standard InChI is InChI=1S/C19H26N4O2S/c1-14(2)23(12-16-7-5-4-6-8-16)19-11-18(20-15(3)21-19)22-17-9-10-26(24,25)13-17/h4-8,11,14,17H,9-10,12-13H2,1-3H3,(H,20,21,22). The SMILES string of the molecule is Cc1nc(NC2CCS(=O)(=O)C2)cc(N(Cc2ccccc2)C(C)C)n1. The fourth-order valence-corrected chi connectivity index (χ4v) is 4.87. The minimum atomic E-state index is -2.92. The second-order valence-electron chi connectivity index (χ2n) is 7.11. The van der Waals surface area contributed by atoms with Crippen LogP contribution in [0.15, 0.2) is 36.4 Å². The molecule has 6 nitrogen and oxygen atoms in total. The quantitative estimate of drug-likeness (QED) is 0.838. The van der Waals surface area contributed by atoms with Crippen LogP contribution in [0.4, 0.5) is 11.6 Å².